The molecule has 1 fully saturated rings. The Balaban J connectivity index is 1.58. The average molecular weight is 350 g/mol. The number of halogens is 3. The van der Waals surface area contributed by atoms with E-state index in [0.29, 0.717) is 37.6 Å². The molecule has 0 unspecified atom stereocenters. The molecule has 2 heterocycles. The first kappa shape index (κ1) is 17.3. The minimum atomic E-state index is -4.35. The molecule has 25 heavy (non-hydrogen) atoms. The van der Waals surface area contributed by atoms with Crippen molar-refractivity contribution in [2.24, 2.45) is 0 Å². The van der Waals surface area contributed by atoms with Crippen molar-refractivity contribution >= 4 is 11.5 Å². The standard InChI is InChI=1S/C17H17F3N4O/c18-17(19,20)13-2-1-3-14(10-13)24-8-6-23(7-9-24)11-16(25)15-4-5-21-12-22-15/h1-5,10,12H,6-9,11H2. The highest BCUT2D eigenvalue weighted by Crippen LogP contribution is 2.31. The molecule has 0 amide bonds. The van der Waals surface area contributed by atoms with Crippen molar-refractivity contribution in [3.63, 3.8) is 0 Å². The fourth-order valence-electron chi connectivity index (χ4n) is 2.78. The summed E-state index contributed by atoms with van der Waals surface area (Å²) < 4.78 is 38.5. The van der Waals surface area contributed by atoms with Crippen molar-refractivity contribution in [2.45, 2.75) is 6.18 Å². The summed E-state index contributed by atoms with van der Waals surface area (Å²) in [5, 5.41) is 0. The second-order valence-corrected chi connectivity index (χ2v) is 5.83. The number of carbonyl (C=O) groups excluding carboxylic acids is 1. The van der Waals surface area contributed by atoms with E-state index in [4.69, 9.17) is 0 Å². The van der Waals surface area contributed by atoms with Crippen LogP contribution in [0.2, 0.25) is 0 Å². The van der Waals surface area contributed by atoms with Crippen molar-refractivity contribution in [3.05, 3.63) is 54.1 Å². The summed E-state index contributed by atoms with van der Waals surface area (Å²) in [6.07, 6.45) is -1.49. The Morgan fingerprint density at radius 2 is 1.88 bits per heavy atom. The van der Waals surface area contributed by atoms with Crippen LogP contribution in [0.25, 0.3) is 0 Å². The largest absolute Gasteiger partial charge is 0.416 e. The highest BCUT2D eigenvalue weighted by molar-refractivity contribution is 5.95. The number of nitrogens with zero attached hydrogens (tertiary/aromatic N) is 4. The van der Waals surface area contributed by atoms with Crippen LogP contribution in [-0.2, 0) is 6.18 Å². The van der Waals surface area contributed by atoms with Crippen LogP contribution in [0.5, 0.6) is 0 Å². The van der Waals surface area contributed by atoms with Gasteiger partial charge in [-0.1, -0.05) is 6.07 Å². The molecule has 1 aliphatic rings. The first-order valence-corrected chi connectivity index (χ1v) is 7.87. The molecule has 1 aliphatic heterocycles. The van der Waals surface area contributed by atoms with Crippen LogP contribution in [0.1, 0.15) is 16.1 Å². The van der Waals surface area contributed by atoms with Crippen molar-refractivity contribution in [1.82, 2.24) is 14.9 Å². The van der Waals surface area contributed by atoms with Gasteiger partial charge in [-0.25, -0.2) is 9.97 Å². The second-order valence-electron chi connectivity index (χ2n) is 5.83. The van der Waals surface area contributed by atoms with Crippen molar-refractivity contribution in [1.29, 1.82) is 0 Å². The van der Waals surface area contributed by atoms with E-state index in [1.807, 2.05) is 9.80 Å². The molecule has 0 radical (unpaired) electrons. The van der Waals surface area contributed by atoms with Crippen LogP contribution in [0.4, 0.5) is 18.9 Å². The lowest BCUT2D eigenvalue weighted by Crippen LogP contribution is -2.48. The minimum Gasteiger partial charge on any atom is -0.369 e. The van der Waals surface area contributed by atoms with Gasteiger partial charge in [0.05, 0.1) is 12.1 Å². The zero-order valence-corrected chi connectivity index (χ0v) is 13.4. The van der Waals surface area contributed by atoms with E-state index in [-0.39, 0.29) is 12.3 Å². The lowest BCUT2D eigenvalue weighted by Gasteiger charge is -2.35. The smallest absolute Gasteiger partial charge is 0.369 e. The first-order valence-electron chi connectivity index (χ1n) is 7.87. The number of anilines is 1. The molecule has 1 aromatic heterocycles. The average Bonchev–Trinajstić information content (AvgIpc) is 2.62. The molecular weight excluding hydrogens is 333 g/mol. The Kier molecular flexibility index (Phi) is 4.98. The van der Waals surface area contributed by atoms with E-state index in [2.05, 4.69) is 9.97 Å². The van der Waals surface area contributed by atoms with Crippen LogP contribution in [-0.4, -0.2) is 53.4 Å². The topological polar surface area (TPSA) is 49.3 Å². The molecule has 0 saturated carbocycles. The maximum atomic E-state index is 12.8. The number of ketones is 1. The predicted molar refractivity (Wildman–Crippen MR) is 86.5 cm³/mol. The maximum absolute atomic E-state index is 12.8. The van der Waals surface area contributed by atoms with Gasteiger partial charge in [0.15, 0.2) is 5.78 Å². The lowest BCUT2D eigenvalue weighted by atomic mass is 10.1. The van der Waals surface area contributed by atoms with E-state index >= 15 is 0 Å². The van der Waals surface area contributed by atoms with Gasteiger partial charge in [0, 0.05) is 38.1 Å². The van der Waals surface area contributed by atoms with E-state index < -0.39 is 11.7 Å². The third-order valence-electron chi connectivity index (χ3n) is 4.15. The van der Waals surface area contributed by atoms with E-state index in [1.165, 1.54) is 24.7 Å². The second kappa shape index (κ2) is 7.18. The van der Waals surface area contributed by atoms with Gasteiger partial charge in [-0.15, -0.1) is 0 Å². The number of alkyl halides is 3. The Hall–Kier alpha value is -2.48. The Labute approximate surface area is 143 Å². The van der Waals surface area contributed by atoms with Gasteiger partial charge in [0.25, 0.3) is 0 Å². The number of hydrogen-bond donors (Lipinski definition) is 0. The van der Waals surface area contributed by atoms with Crippen LogP contribution in [0.3, 0.4) is 0 Å². The Morgan fingerprint density at radius 3 is 2.52 bits per heavy atom. The molecule has 0 atom stereocenters. The molecule has 1 saturated heterocycles. The van der Waals surface area contributed by atoms with Crippen LogP contribution in [0.15, 0.2) is 42.9 Å². The number of piperazine rings is 1. The highest BCUT2D eigenvalue weighted by atomic mass is 19.4. The molecule has 0 N–H and O–H groups in total. The normalized spacial score (nSPS) is 16.0. The number of aromatic nitrogens is 2. The van der Waals surface area contributed by atoms with Crippen LogP contribution >= 0.6 is 0 Å². The lowest BCUT2D eigenvalue weighted by molar-refractivity contribution is -0.137. The third-order valence-corrected chi connectivity index (χ3v) is 4.15. The van der Waals surface area contributed by atoms with Gasteiger partial charge >= 0.3 is 6.18 Å². The number of carbonyl (C=O) groups is 1. The molecule has 3 rings (SSSR count). The summed E-state index contributed by atoms with van der Waals surface area (Å²) in [7, 11) is 0. The van der Waals surface area contributed by atoms with Crippen molar-refractivity contribution in [2.75, 3.05) is 37.6 Å². The molecule has 0 spiro atoms. The summed E-state index contributed by atoms with van der Waals surface area (Å²) in [6, 6.07) is 6.91. The van der Waals surface area contributed by atoms with Gasteiger partial charge < -0.3 is 4.90 Å². The molecule has 8 heteroatoms. The van der Waals surface area contributed by atoms with E-state index in [9.17, 15) is 18.0 Å². The monoisotopic (exact) mass is 350 g/mol. The number of hydrogen-bond acceptors (Lipinski definition) is 5. The van der Waals surface area contributed by atoms with Gasteiger partial charge in [0.2, 0.25) is 0 Å². The summed E-state index contributed by atoms with van der Waals surface area (Å²) in [5.41, 5.74) is 0.276. The zero-order chi connectivity index (χ0) is 17.9. The molecule has 1 aromatic carbocycles. The third kappa shape index (κ3) is 4.33. The highest BCUT2D eigenvalue weighted by Gasteiger charge is 2.31. The molecule has 0 bridgehead atoms. The summed E-state index contributed by atoms with van der Waals surface area (Å²) in [6.45, 7) is 2.59. The zero-order valence-electron chi connectivity index (χ0n) is 13.4. The Morgan fingerprint density at radius 1 is 1.12 bits per heavy atom. The maximum Gasteiger partial charge on any atom is 0.416 e. The van der Waals surface area contributed by atoms with Crippen molar-refractivity contribution in [3.8, 4) is 0 Å². The molecule has 2 aromatic rings. The quantitative estimate of drug-likeness (QED) is 0.793. The summed E-state index contributed by atoms with van der Waals surface area (Å²) in [4.78, 5) is 23.7. The number of benzene rings is 1. The van der Waals surface area contributed by atoms with Crippen LogP contribution in [0, 0.1) is 0 Å². The van der Waals surface area contributed by atoms with Gasteiger partial charge in [-0.2, -0.15) is 13.2 Å². The summed E-state index contributed by atoms with van der Waals surface area (Å²) in [5.74, 6) is -0.0880. The minimum absolute atomic E-state index is 0.0880. The van der Waals surface area contributed by atoms with Gasteiger partial charge in [0.1, 0.15) is 12.0 Å². The van der Waals surface area contributed by atoms with Crippen LogP contribution < -0.4 is 4.90 Å². The van der Waals surface area contributed by atoms with Gasteiger partial charge in [-0.05, 0) is 24.3 Å². The number of Topliss-reactive ketones (excluding diaryl/α,β-unsaturated/α-hetero) is 1. The number of rotatable bonds is 4. The SMILES string of the molecule is O=C(CN1CCN(c2cccc(C(F)(F)F)c2)CC1)c1ccncn1. The summed E-state index contributed by atoms with van der Waals surface area (Å²) >= 11 is 0. The molecule has 0 aliphatic carbocycles. The fraction of sp³-hybridized carbons (Fsp3) is 0.353. The van der Waals surface area contributed by atoms with Gasteiger partial charge in [-0.3, -0.25) is 9.69 Å². The molecular formula is C17H17F3N4O. The predicted octanol–water partition coefficient (Wildman–Crippen LogP) is 2.50. The van der Waals surface area contributed by atoms with E-state index in [0.717, 1.165) is 6.07 Å². The molecule has 5 nitrogen and oxygen atoms in total. The Bertz CT molecular complexity index is 728. The molecule has 132 valence electrons. The fourth-order valence-corrected chi connectivity index (χ4v) is 2.78. The van der Waals surface area contributed by atoms with E-state index in [1.54, 1.807) is 12.1 Å². The first-order chi connectivity index (χ1) is 11.9. The van der Waals surface area contributed by atoms with Crippen molar-refractivity contribution < 1.29 is 18.0 Å².